The van der Waals surface area contributed by atoms with Crippen LogP contribution in [-0.2, 0) is 0 Å². The Morgan fingerprint density at radius 2 is 1.79 bits per heavy atom. The van der Waals surface area contributed by atoms with E-state index in [4.69, 9.17) is 9.72 Å². The summed E-state index contributed by atoms with van der Waals surface area (Å²) in [5, 5.41) is 5.00. The number of fused-ring (bicyclic) bond motifs is 1. The summed E-state index contributed by atoms with van der Waals surface area (Å²) in [6.45, 7) is 2.02. The Labute approximate surface area is 162 Å². The molecule has 0 radical (unpaired) electrons. The number of ether oxygens (including phenoxy) is 1. The van der Waals surface area contributed by atoms with Gasteiger partial charge in [0, 0.05) is 5.56 Å². The lowest BCUT2D eigenvalue weighted by Gasteiger charge is -2.10. The summed E-state index contributed by atoms with van der Waals surface area (Å²) in [7, 11) is 1.62. The van der Waals surface area contributed by atoms with E-state index in [2.05, 4.69) is 5.10 Å². The highest BCUT2D eigenvalue weighted by Gasteiger charge is 2.12. The van der Waals surface area contributed by atoms with E-state index >= 15 is 0 Å². The molecular formula is C23H19N3O2. The van der Waals surface area contributed by atoms with Gasteiger partial charge in [0.2, 0.25) is 0 Å². The van der Waals surface area contributed by atoms with Crippen molar-refractivity contribution in [2.75, 3.05) is 7.11 Å². The van der Waals surface area contributed by atoms with Gasteiger partial charge in [-0.1, -0.05) is 42.0 Å². The van der Waals surface area contributed by atoms with Crippen molar-refractivity contribution in [3.05, 3.63) is 94.3 Å². The molecule has 0 spiro atoms. The summed E-state index contributed by atoms with van der Waals surface area (Å²) in [5.74, 6) is 1.22. The fourth-order valence-corrected chi connectivity index (χ4v) is 3.03. The van der Waals surface area contributed by atoms with Crippen LogP contribution in [0.2, 0.25) is 0 Å². The second-order valence-electron chi connectivity index (χ2n) is 6.46. The molecule has 0 aliphatic rings. The van der Waals surface area contributed by atoms with Gasteiger partial charge >= 0.3 is 0 Å². The van der Waals surface area contributed by atoms with Gasteiger partial charge in [0.25, 0.3) is 5.56 Å². The molecule has 138 valence electrons. The van der Waals surface area contributed by atoms with Crippen molar-refractivity contribution in [2.24, 2.45) is 5.10 Å². The lowest BCUT2D eigenvalue weighted by Crippen LogP contribution is -2.20. The highest BCUT2D eigenvalue weighted by molar-refractivity contribution is 5.82. The smallest absolute Gasteiger partial charge is 0.282 e. The topological polar surface area (TPSA) is 56.5 Å². The third-order valence-corrected chi connectivity index (χ3v) is 4.47. The second-order valence-corrected chi connectivity index (χ2v) is 6.46. The van der Waals surface area contributed by atoms with E-state index in [1.54, 1.807) is 19.4 Å². The zero-order chi connectivity index (χ0) is 19.5. The molecule has 1 heterocycles. The summed E-state index contributed by atoms with van der Waals surface area (Å²) in [5.41, 5.74) is 3.26. The zero-order valence-corrected chi connectivity index (χ0v) is 15.7. The van der Waals surface area contributed by atoms with Gasteiger partial charge in [0.15, 0.2) is 5.82 Å². The van der Waals surface area contributed by atoms with Crippen molar-refractivity contribution in [3.63, 3.8) is 0 Å². The number of methoxy groups -OCH3 is 1. The first-order chi connectivity index (χ1) is 13.7. The van der Waals surface area contributed by atoms with Crippen LogP contribution in [0.3, 0.4) is 0 Å². The highest BCUT2D eigenvalue weighted by Crippen LogP contribution is 2.22. The summed E-state index contributed by atoms with van der Waals surface area (Å²) in [6, 6.07) is 22.6. The quantitative estimate of drug-likeness (QED) is 0.505. The summed E-state index contributed by atoms with van der Waals surface area (Å²) in [4.78, 5) is 17.8. The van der Waals surface area contributed by atoms with Gasteiger partial charge in [0.05, 0.1) is 24.2 Å². The Balaban J connectivity index is 1.91. The van der Waals surface area contributed by atoms with Gasteiger partial charge in [-0.25, -0.2) is 4.98 Å². The number of para-hydroxylation sites is 1. The van der Waals surface area contributed by atoms with Gasteiger partial charge in [-0.15, -0.1) is 0 Å². The molecule has 0 N–H and O–H groups in total. The Hall–Kier alpha value is -3.73. The molecule has 4 rings (SSSR count). The Bertz CT molecular complexity index is 1220. The monoisotopic (exact) mass is 369 g/mol. The molecule has 3 aromatic carbocycles. The van der Waals surface area contributed by atoms with Crippen LogP contribution in [-0.4, -0.2) is 23.0 Å². The van der Waals surface area contributed by atoms with Crippen LogP contribution in [0.25, 0.3) is 22.3 Å². The lowest BCUT2D eigenvalue weighted by atomic mass is 10.1. The van der Waals surface area contributed by atoms with Crippen LogP contribution in [0.15, 0.2) is 82.7 Å². The van der Waals surface area contributed by atoms with Crippen LogP contribution in [0.5, 0.6) is 5.75 Å². The summed E-state index contributed by atoms with van der Waals surface area (Å²) >= 11 is 0. The van der Waals surface area contributed by atoms with Gasteiger partial charge in [-0.3, -0.25) is 4.79 Å². The summed E-state index contributed by atoms with van der Waals surface area (Å²) in [6.07, 6.45) is 1.68. The molecule has 0 aliphatic heterocycles. The third kappa shape index (κ3) is 3.42. The van der Waals surface area contributed by atoms with E-state index in [1.165, 1.54) is 4.68 Å². The van der Waals surface area contributed by atoms with Crippen molar-refractivity contribution in [1.82, 2.24) is 9.66 Å². The fourth-order valence-electron chi connectivity index (χ4n) is 3.03. The molecule has 0 amide bonds. The molecule has 4 aromatic rings. The first-order valence-corrected chi connectivity index (χ1v) is 8.93. The normalized spacial score (nSPS) is 11.2. The van der Waals surface area contributed by atoms with Crippen molar-refractivity contribution in [2.45, 2.75) is 6.92 Å². The molecule has 28 heavy (non-hydrogen) atoms. The number of nitrogens with zero attached hydrogens (tertiary/aromatic N) is 3. The molecule has 1 aromatic heterocycles. The van der Waals surface area contributed by atoms with Gasteiger partial charge < -0.3 is 4.74 Å². The number of hydrogen-bond donors (Lipinski definition) is 0. The minimum absolute atomic E-state index is 0.208. The third-order valence-electron chi connectivity index (χ3n) is 4.47. The highest BCUT2D eigenvalue weighted by atomic mass is 16.5. The molecule has 5 heteroatoms. The first-order valence-electron chi connectivity index (χ1n) is 8.93. The van der Waals surface area contributed by atoms with Crippen molar-refractivity contribution in [3.8, 4) is 17.1 Å². The second kappa shape index (κ2) is 7.48. The predicted octanol–water partition coefficient (Wildman–Crippen LogP) is 4.26. The van der Waals surface area contributed by atoms with E-state index in [1.807, 2.05) is 73.7 Å². The molecule has 0 fully saturated rings. The number of hydrogen-bond acceptors (Lipinski definition) is 4. The molecular weight excluding hydrogens is 350 g/mol. The zero-order valence-electron chi connectivity index (χ0n) is 15.7. The van der Waals surface area contributed by atoms with Crippen LogP contribution in [0.1, 0.15) is 11.1 Å². The van der Waals surface area contributed by atoms with Crippen LogP contribution < -0.4 is 10.3 Å². The van der Waals surface area contributed by atoms with Gasteiger partial charge in [0.1, 0.15) is 5.75 Å². The first kappa shape index (κ1) is 17.7. The standard InChI is InChI=1S/C23H19N3O2/c1-16-6-5-7-17(14-16)15-24-26-22(18-10-12-19(28-2)13-11-18)25-21-9-4-3-8-20(21)23(26)27/h3-15H,1-2H3. The molecule has 0 unspecified atom stereocenters. The minimum atomic E-state index is -0.208. The Kier molecular flexibility index (Phi) is 4.72. The Morgan fingerprint density at radius 3 is 2.54 bits per heavy atom. The number of aryl methyl sites for hydroxylation is 1. The molecule has 0 saturated heterocycles. The maximum absolute atomic E-state index is 13.1. The SMILES string of the molecule is COc1ccc(-c2nc3ccccc3c(=O)n2N=Cc2cccc(C)c2)cc1. The van der Waals surface area contributed by atoms with Crippen LogP contribution in [0.4, 0.5) is 0 Å². The maximum atomic E-state index is 13.1. The predicted molar refractivity (Wildman–Crippen MR) is 112 cm³/mol. The Morgan fingerprint density at radius 1 is 1.00 bits per heavy atom. The van der Waals surface area contributed by atoms with E-state index in [0.29, 0.717) is 16.7 Å². The van der Waals surface area contributed by atoms with E-state index in [0.717, 1.165) is 22.4 Å². The van der Waals surface area contributed by atoms with Crippen molar-refractivity contribution in [1.29, 1.82) is 0 Å². The van der Waals surface area contributed by atoms with E-state index < -0.39 is 0 Å². The number of benzene rings is 3. The largest absolute Gasteiger partial charge is 0.497 e. The van der Waals surface area contributed by atoms with Crippen molar-refractivity contribution < 1.29 is 4.74 Å². The van der Waals surface area contributed by atoms with Crippen LogP contribution in [0, 0.1) is 6.92 Å². The minimum Gasteiger partial charge on any atom is -0.497 e. The van der Waals surface area contributed by atoms with Gasteiger partial charge in [-0.05, 0) is 48.9 Å². The van der Waals surface area contributed by atoms with Gasteiger partial charge in [-0.2, -0.15) is 9.78 Å². The summed E-state index contributed by atoms with van der Waals surface area (Å²) < 4.78 is 6.58. The van der Waals surface area contributed by atoms with E-state index in [9.17, 15) is 4.79 Å². The van der Waals surface area contributed by atoms with Crippen LogP contribution >= 0.6 is 0 Å². The molecule has 5 nitrogen and oxygen atoms in total. The molecule has 0 saturated carbocycles. The molecule has 0 atom stereocenters. The van der Waals surface area contributed by atoms with Crippen molar-refractivity contribution >= 4 is 17.1 Å². The molecule has 0 bridgehead atoms. The lowest BCUT2D eigenvalue weighted by molar-refractivity contribution is 0.415. The average Bonchev–Trinajstić information content (AvgIpc) is 2.73. The number of rotatable bonds is 4. The van der Waals surface area contributed by atoms with E-state index in [-0.39, 0.29) is 5.56 Å². The fraction of sp³-hybridized carbons (Fsp3) is 0.0870. The number of aromatic nitrogens is 2. The molecule has 0 aliphatic carbocycles. The average molecular weight is 369 g/mol. The maximum Gasteiger partial charge on any atom is 0.282 e.